The molecule has 2 nitrogen and oxygen atoms in total. The van der Waals surface area contributed by atoms with Gasteiger partial charge in [-0.15, -0.1) is 0 Å². The first-order chi connectivity index (χ1) is 10.1. The van der Waals surface area contributed by atoms with E-state index in [1.807, 2.05) is 25.1 Å². The fourth-order valence-corrected chi connectivity index (χ4v) is 3.14. The van der Waals surface area contributed by atoms with Crippen LogP contribution < -0.4 is 10.1 Å². The highest BCUT2D eigenvalue weighted by molar-refractivity contribution is 9.11. The lowest BCUT2D eigenvalue weighted by atomic mass is 9.97. The van der Waals surface area contributed by atoms with Gasteiger partial charge >= 0.3 is 0 Å². The number of rotatable bonds is 5. The molecule has 0 heterocycles. The number of benzene rings is 2. The smallest absolute Gasteiger partial charge is 0.132 e. The average Bonchev–Trinajstić information content (AvgIpc) is 2.48. The highest BCUT2D eigenvalue weighted by Gasteiger charge is 2.23. The molecule has 2 aromatic rings. The molecule has 0 bridgehead atoms. The average molecular weight is 417 g/mol. The molecule has 0 fully saturated rings. The third kappa shape index (κ3) is 3.65. The Morgan fingerprint density at radius 3 is 2.67 bits per heavy atom. The Balaban J connectivity index is 2.61. The lowest BCUT2D eigenvalue weighted by Gasteiger charge is -2.23. The van der Waals surface area contributed by atoms with Crippen LogP contribution in [0.3, 0.4) is 0 Å². The van der Waals surface area contributed by atoms with Gasteiger partial charge in [-0.05, 0) is 42.4 Å². The highest BCUT2D eigenvalue weighted by Crippen LogP contribution is 2.36. The first-order valence-electron chi connectivity index (χ1n) is 6.59. The quantitative estimate of drug-likeness (QED) is 0.735. The number of nitrogens with one attached hydrogen (secondary N) is 1. The summed E-state index contributed by atoms with van der Waals surface area (Å²) in [7, 11) is 1.55. The zero-order valence-electron chi connectivity index (χ0n) is 11.8. The van der Waals surface area contributed by atoms with Crippen molar-refractivity contribution < 1.29 is 9.13 Å². The lowest BCUT2D eigenvalue weighted by molar-refractivity contribution is 0.397. The summed E-state index contributed by atoms with van der Waals surface area (Å²) in [6, 6.07) is 10.4. The van der Waals surface area contributed by atoms with Crippen LogP contribution >= 0.6 is 31.9 Å². The molecule has 112 valence electrons. The summed E-state index contributed by atoms with van der Waals surface area (Å²) < 4.78 is 21.6. The van der Waals surface area contributed by atoms with E-state index in [1.54, 1.807) is 19.2 Å². The third-order valence-electron chi connectivity index (χ3n) is 3.20. The zero-order chi connectivity index (χ0) is 15.4. The maximum Gasteiger partial charge on any atom is 0.132 e. The summed E-state index contributed by atoms with van der Waals surface area (Å²) in [6.07, 6.45) is 0. The van der Waals surface area contributed by atoms with Crippen LogP contribution in [0.2, 0.25) is 0 Å². The summed E-state index contributed by atoms with van der Waals surface area (Å²) in [5, 5.41) is 3.33. The molecule has 5 heteroatoms. The van der Waals surface area contributed by atoms with Crippen LogP contribution in [0.25, 0.3) is 0 Å². The van der Waals surface area contributed by atoms with Crippen LogP contribution in [-0.2, 0) is 0 Å². The minimum Gasteiger partial charge on any atom is -0.496 e. The molecule has 0 saturated heterocycles. The number of ether oxygens (including phenoxy) is 1. The van der Waals surface area contributed by atoms with Gasteiger partial charge in [0.25, 0.3) is 0 Å². The van der Waals surface area contributed by atoms with Gasteiger partial charge < -0.3 is 10.1 Å². The summed E-state index contributed by atoms with van der Waals surface area (Å²) >= 11 is 7.01. The van der Waals surface area contributed by atoms with Crippen LogP contribution in [0.4, 0.5) is 4.39 Å². The standard InChI is InChI=1S/C16H16Br2FNO/c1-3-20-16(11-9-10(17)7-8-12(11)18)15-13(19)5-4-6-14(15)21-2/h4-9,16,20H,3H2,1-2H3. The van der Waals surface area contributed by atoms with Crippen molar-refractivity contribution >= 4 is 31.9 Å². The fraction of sp³-hybridized carbons (Fsp3) is 0.250. The van der Waals surface area contributed by atoms with Crippen LogP contribution in [0.15, 0.2) is 45.3 Å². The van der Waals surface area contributed by atoms with Crippen molar-refractivity contribution in [3.8, 4) is 5.75 Å². The van der Waals surface area contributed by atoms with Gasteiger partial charge in [0.1, 0.15) is 11.6 Å². The predicted molar refractivity (Wildman–Crippen MR) is 90.3 cm³/mol. The lowest BCUT2D eigenvalue weighted by Crippen LogP contribution is -2.24. The van der Waals surface area contributed by atoms with Gasteiger partial charge in [0.05, 0.1) is 18.7 Å². The molecule has 21 heavy (non-hydrogen) atoms. The minimum atomic E-state index is -0.293. The molecule has 0 amide bonds. The first kappa shape index (κ1) is 16.5. The minimum absolute atomic E-state index is 0.285. The van der Waals surface area contributed by atoms with Crippen LogP contribution in [0.1, 0.15) is 24.1 Å². The Morgan fingerprint density at radius 2 is 2.00 bits per heavy atom. The molecule has 1 atom stereocenters. The van der Waals surface area contributed by atoms with E-state index in [1.165, 1.54) is 6.07 Å². The van der Waals surface area contributed by atoms with E-state index in [2.05, 4.69) is 37.2 Å². The predicted octanol–water partition coefficient (Wildman–Crippen LogP) is 5.06. The van der Waals surface area contributed by atoms with E-state index in [0.29, 0.717) is 17.9 Å². The summed E-state index contributed by atoms with van der Waals surface area (Å²) in [6.45, 7) is 2.70. The molecule has 1 unspecified atom stereocenters. The highest BCUT2D eigenvalue weighted by atomic mass is 79.9. The SMILES string of the molecule is CCNC(c1cc(Br)ccc1Br)c1c(F)cccc1OC. The Kier molecular flexibility index (Phi) is 5.79. The Hall–Kier alpha value is -0.910. The van der Waals surface area contributed by atoms with Crippen molar-refractivity contribution in [1.29, 1.82) is 0 Å². The molecule has 0 aromatic heterocycles. The number of hydrogen-bond donors (Lipinski definition) is 1. The first-order valence-corrected chi connectivity index (χ1v) is 8.17. The maximum absolute atomic E-state index is 14.4. The topological polar surface area (TPSA) is 21.3 Å². The molecule has 0 saturated carbocycles. The van der Waals surface area contributed by atoms with Gasteiger partial charge in [0.2, 0.25) is 0 Å². The van der Waals surface area contributed by atoms with Crippen LogP contribution in [0, 0.1) is 5.82 Å². The van der Waals surface area contributed by atoms with Gasteiger partial charge in [0.15, 0.2) is 0 Å². The molecule has 0 aliphatic heterocycles. The maximum atomic E-state index is 14.4. The van der Waals surface area contributed by atoms with Crippen molar-refractivity contribution in [2.75, 3.05) is 13.7 Å². The summed E-state index contributed by atoms with van der Waals surface area (Å²) in [5.74, 6) is 0.250. The Morgan fingerprint density at radius 1 is 1.24 bits per heavy atom. The van der Waals surface area contributed by atoms with Crippen molar-refractivity contribution in [2.45, 2.75) is 13.0 Å². The normalized spacial score (nSPS) is 12.2. The largest absolute Gasteiger partial charge is 0.496 e. The second-order valence-corrected chi connectivity index (χ2v) is 6.28. The Labute approximate surface area is 141 Å². The van der Waals surface area contributed by atoms with Crippen molar-refractivity contribution in [1.82, 2.24) is 5.32 Å². The van der Waals surface area contributed by atoms with Gasteiger partial charge in [-0.1, -0.05) is 44.8 Å². The molecular formula is C16H16Br2FNO. The molecule has 2 aromatic carbocycles. The molecule has 0 radical (unpaired) electrons. The van der Waals surface area contributed by atoms with E-state index in [9.17, 15) is 4.39 Å². The molecular weight excluding hydrogens is 401 g/mol. The molecule has 0 aliphatic carbocycles. The van der Waals surface area contributed by atoms with E-state index in [0.717, 1.165) is 14.5 Å². The third-order valence-corrected chi connectivity index (χ3v) is 4.41. The zero-order valence-corrected chi connectivity index (χ0v) is 15.0. The Bertz CT molecular complexity index is 634. The number of halogens is 3. The van der Waals surface area contributed by atoms with Crippen LogP contribution in [-0.4, -0.2) is 13.7 Å². The van der Waals surface area contributed by atoms with Crippen molar-refractivity contribution in [3.05, 3.63) is 62.3 Å². The van der Waals surface area contributed by atoms with Gasteiger partial charge in [-0.2, -0.15) is 0 Å². The van der Waals surface area contributed by atoms with E-state index >= 15 is 0 Å². The van der Waals surface area contributed by atoms with E-state index in [-0.39, 0.29) is 11.9 Å². The second-order valence-electron chi connectivity index (χ2n) is 4.51. The van der Waals surface area contributed by atoms with E-state index < -0.39 is 0 Å². The number of methoxy groups -OCH3 is 1. The molecule has 1 N–H and O–H groups in total. The van der Waals surface area contributed by atoms with Crippen molar-refractivity contribution in [2.24, 2.45) is 0 Å². The summed E-state index contributed by atoms with van der Waals surface area (Å²) in [4.78, 5) is 0. The van der Waals surface area contributed by atoms with Gasteiger partial charge in [-0.3, -0.25) is 0 Å². The number of hydrogen-bond acceptors (Lipinski definition) is 2. The molecule has 0 spiro atoms. The monoisotopic (exact) mass is 415 g/mol. The summed E-state index contributed by atoms with van der Waals surface area (Å²) in [5.41, 5.74) is 1.47. The molecule has 2 rings (SSSR count). The van der Waals surface area contributed by atoms with Gasteiger partial charge in [0, 0.05) is 8.95 Å². The van der Waals surface area contributed by atoms with E-state index in [4.69, 9.17) is 4.74 Å². The second kappa shape index (κ2) is 7.38. The van der Waals surface area contributed by atoms with Gasteiger partial charge in [-0.25, -0.2) is 4.39 Å². The van der Waals surface area contributed by atoms with Crippen LogP contribution in [0.5, 0.6) is 5.75 Å². The molecule has 0 aliphatic rings. The fourth-order valence-electron chi connectivity index (χ4n) is 2.28. The van der Waals surface area contributed by atoms with Crippen molar-refractivity contribution in [3.63, 3.8) is 0 Å².